The lowest BCUT2D eigenvalue weighted by atomic mass is 9.99. The number of halogens is 2. The minimum absolute atomic E-state index is 0.295. The van der Waals surface area contributed by atoms with Crippen LogP contribution in [-0.4, -0.2) is 11.8 Å². The maximum absolute atomic E-state index is 12.9. The van der Waals surface area contributed by atoms with E-state index in [2.05, 4.69) is 15.9 Å². The summed E-state index contributed by atoms with van der Waals surface area (Å²) < 4.78 is 6.34. The predicted octanol–water partition coefficient (Wildman–Crippen LogP) is 5.88. The minimum atomic E-state index is -1.05. The maximum atomic E-state index is 12.9. The number of esters is 1. The van der Waals surface area contributed by atoms with E-state index < -0.39 is 12.1 Å². The second kappa shape index (κ2) is 8.30. The fourth-order valence-electron chi connectivity index (χ4n) is 2.45. The van der Waals surface area contributed by atoms with Gasteiger partial charge in [-0.15, -0.1) is 0 Å². The normalized spacial score (nSPS) is 11.6. The van der Waals surface area contributed by atoms with Crippen LogP contribution in [0.5, 0.6) is 0 Å². The highest BCUT2D eigenvalue weighted by atomic mass is 79.9. The quantitative estimate of drug-likeness (QED) is 0.375. The summed E-state index contributed by atoms with van der Waals surface area (Å²) in [7, 11) is 0. The van der Waals surface area contributed by atoms with Crippen molar-refractivity contribution in [3.8, 4) is 0 Å². The van der Waals surface area contributed by atoms with Crippen molar-refractivity contribution in [1.82, 2.24) is 0 Å². The molecule has 0 aliphatic carbocycles. The van der Waals surface area contributed by atoms with E-state index >= 15 is 0 Å². The molecule has 1 atom stereocenters. The molecule has 130 valence electrons. The summed E-state index contributed by atoms with van der Waals surface area (Å²) in [6.45, 7) is 0. The predicted molar refractivity (Wildman–Crippen MR) is 105 cm³/mol. The molecule has 5 heteroatoms. The Morgan fingerprint density at radius 1 is 0.846 bits per heavy atom. The fraction of sp³-hybridized carbons (Fsp3) is 0.0476. The summed E-state index contributed by atoms with van der Waals surface area (Å²) >= 11 is 9.26. The van der Waals surface area contributed by atoms with Gasteiger partial charge in [-0.3, -0.25) is 4.79 Å². The monoisotopic (exact) mass is 428 g/mol. The van der Waals surface area contributed by atoms with Gasteiger partial charge in [-0.1, -0.05) is 76.1 Å². The molecule has 3 nitrogen and oxygen atoms in total. The summed E-state index contributed by atoms with van der Waals surface area (Å²) in [4.78, 5) is 25.5. The molecule has 0 fully saturated rings. The van der Waals surface area contributed by atoms with Gasteiger partial charge >= 0.3 is 5.97 Å². The molecule has 26 heavy (non-hydrogen) atoms. The van der Waals surface area contributed by atoms with E-state index in [9.17, 15) is 9.59 Å². The average molecular weight is 430 g/mol. The average Bonchev–Trinajstić information content (AvgIpc) is 2.67. The Bertz CT molecular complexity index is 924. The SMILES string of the molecule is O=C(O[C@H](C(=O)c1ccccc1)c1ccc(Cl)cc1)c1cccc(Br)c1. The van der Waals surface area contributed by atoms with Gasteiger partial charge in [0.15, 0.2) is 6.10 Å². The van der Waals surface area contributed by atoms with E-state index in [-0.39, 0.29) is 5.78 Å². The van der Waals surface area contributed by atoms with E-state index in [1.165, 1.54) is 0 Å². The molecule has 0 radical (unpaired) electrons. The zero-order valence-corrected chi connectivity index (χ0v) is 15.9. The zero-order chi connectivity index (χ0) is 18.5. The first-order valence-electron chi connectivity index (χ1n) is 7.86. The van der Waals surface area contributed by atoms with Gasteiger partial charge in [0.2, 0.25) is 5.78 Å². The van der Waals surface area contributed by atoms with Crippen molar-refractivity contribution in [2.75, 3.05) is 0 Å². The Balaban J connectivity index is 1.94. The summed E-state index contributed by atoms with van der Waals surface area (Å²) in [6, 6.07) is 22.3. The first-order valence-corrected chi connectivity index (χ1v) is 9.03. The largest absolute Gasteiger partial charge is 0.445 e. The standard InChI is InChI=1S/C21H14BrClO3/c22-17-8-4-7-16(13-17)21(25)26-20(15-9-11-18(23)12-10-15)19(24)14-5-2-1-3-6-14/h1-13,20H/t20-/m0/s1. The van der Waals surface area contributed by atoms with Gasteiger partial charge in [0.25, 0.3) is 0 Å². The highest BCUT2D eigenvalue weighted by Crippen LogP contribution is 2.26. The molecule has 0 aliphatic rings. The third kappa shape index (κ3) is 4.40. The molecule has 0 spiro atoms. The molecule has 0 saturated heterocycles. The van der Waals surface area contributed by atoms with Crippen LogP contribution in [0.15, 0.2) is 83.3 Å². The maximum Gasteiger partial charge on any atom is 0.339 e. The second-order valence-corrected chi connectivity index (χ2v) is 6.93. The first-order chi connectivity index (χ1) is 12.5. The summed E-state index contributed by atoms with van der Waals surface area (Å²) in [5, 5.41) is 0.540. The summed E-state index contributed by atoms with van der Waals surface area (Å²) in [6.07, 6.45) is -1.05. The highest BCUT2D eigenvalue weighted by Gasteiger charge is 2.26. The number of hydrogen-bond acceptors (Lipinski definition) is 3. The van der Waals surface area contributed by atoms with Crippen LogP contribution in [0, 0.1) is 0 Å². The lowest BCUT2D eigenvalue weighted by molar-refractivity contribution is 0.0280. The molecule has 3 aromatic rings. The van der Waals surface area contributed by atoms with Crippen LogP contribution in [0.1, 0.15) is 32.4 Å². The molecular formula is C21H14BrClO3. The van der Waals surface area contributed by atoms with Crippen LogP contribution in [0.25, 0.3) is 0 Å². The Labute approximate surface area is 164 Å². The molecule has 0 unspecified atom stereocenters. The van der Waals surface area contributed by atoms with Crippen molar-refractivity contribution >= 4 is 39.3 Å². The van der Waals surface area contributed by atoms with E-state index in [1.807, 2.05) is 12.1 Å². The van der Waals surface area contributed by atoms with E-state index in [4.69, 9.17) is 16.3 Å². The Morgan fingerprint density at radius 3 is 2.15 bits per heavy atom. The van der Waals surface area contributed by atoms with Crippen molar-refractivity contribution in [3.05, 3.63) is 105 Å². The topological polar surface area (TPSA) is 43.4 Å². The number of ether oxygens (including phenoxy) is 1. The van der Waals surface area contributed by atoms with Crippen LogP contribution >= 0.6 is 27.5 Å². The van der Waals surface area contributed by atoms with Crippen molar-refractivity contribution in [2.45, 2.75) is 6.10 Å². The van der Waals surface area contributed by atoms with Crippen LogP contribution < -0.4 is 0 Å². The molecule has 0 aliphatic heterocycles. The van der Waals surface area contributed by atoms with Crippen molar-refractivity contribution in [1.29, 1.82) is 0 Å². The molecule has 3 rings (SSSR count). The molecule has 0 bridgehead atoms. The van der Waals surface area contributed by atoms with Crippen LogP contribution in [0.4, 0.5) is 0 Å². The van der Waals surface area contributed by atoms with Crippen molar-refractivity contribution in [3.63, 3.8) is 0 Å². The molecule has 0 N–H and O–H groups in total. The highest BCUT2D eigenvalue weighted by molar-refractivity contribution is 9.10. The zero-order valence-electron chi connectivity index (χ0n) is 13.6. The fourth-order valence-corrected chi connectivity index (χ4v) is 2.98. The van der Waals surface area contributed by atoms with E-state index in [1.54, 1.807) is 66.7 Å². The number of benzene rings is 3. The van der Waals surface area contributed by atoms with Crippen molar-refractivity contribution < 1.29 is 14.3 Å². The van der Waals surface area contributed by atoms with Gasteiger partial charge < -0.3 is 4.74 Å². The van der Waals surface area contributed by atoms with E-state index in [0.717, 1.165) is 4.47 Å². The number of carbonyl (C=O) groups excluding carboxylic acids is 2. The van der Waals surface area contributed by atoms with Gasteiger partial charge in [0, 0.05) is 20.6 Å². The van der Waals surface area contributed by atoms with Gasteiger partial charge in [-0.25, -0.2) is 4.79 Å². The van der Waals surface area contributed by atoms with Crippen molar-refractivity contribution in [2.24, 2.45) is 0 Å². The van der Waals surface area contributed by atoms with Gasteiger partial charge in [-0.2, -0.15) is 0 Å². The molecule has 3 aromatic carbocycles. The number of rotatable bonds is 5. The van der Waals surface area contributed by atoms with Gasteiger partial charge in [0.1, 0.15) is 0 Å². The Kier molecular flexibility index (Phi) is 5.86. The summed E-state index contributed by atoms with van der Waals surface area (Å²) in [5.74, 6) is -0.869. The Hall–Kier alpha value is -2.43. The molecule has 0 heterocycles. The molecule has 0 saturated carbocycles. The third-order valence-electron chi connectivity index (χ3n) is 3.75. The molecule has 0 amide bonds. The van der Waals surface area contributed by atoms with E-state index in [0.29, 0.717) is 21.7 Å². The smallest absolute Gasteiger partial charge is 0.339 e. The summed E-state index contributed by atoms with van der Waals surface area (Å²) in [5.41, 5.74) is 1.39. The van der Waals surface area contributed by atoms with Crippen LogP contribution in [-0.2, 0) is 4.74 Å². The Morgan fingerprint density at radius 2 is 1.50 bits per heavy atom. The lowest BCUT2D eigenvalue weighted by Gasteiger charge is -2.18. The third-order valence-corrected chi connectivity index (χ3v) is 4.50. The number of Topliss-reactive ketones (excluding diaryl/α,β-unsaturated/α-hetero) is 1. The van der Waals surface area contributed by atoms with Gasteiger partial charge in [-0.05, 0) is 30.3 Å². The molecule has 0 aromatic heterocycles. The lowest BCUT2D eigenvalue weighted by Crippen LogP contribution is -2.20. The first kappa shape index (κ1) is 18.4. The number of hydrogen-bond donors (Lipinski definition) is 0. The molecular weight excluding hydrogens is 416 g/mol. The van der Waals surface area contributed by atoms with Gasteiger partial charge in [0.05, 0.1) is 5.56 Å². The second-order valence-electron chi connectivity index (χ2n) is 5.58. The van der Waals surface area contributed by atoms with Crippen LogP contribution in [0.2, 0.25) is 5.02 Å². The van der Waals surface area contributed by atoms with Crippen LogP contribution in [0.3, 0.4) is 0 Å². The number of ketones is 1. The number of carbonyl (C=O) groups is 2. The minimum Gasteiger partial charge on any atom is -0.445 e.